The van der Waals surface area contributed by atoms with E-state index in [0.29, 0.717) is 31.1 Å². The van der Waals surface area contributed by atoms with Crippen molar-refractivity contribution in [3.63, 3.8) is 0 Å². The van der Waals surface area contributed by atoms with Gasteiger partial charge in [-0.05, 0) is 27.2 Å². The number of thioether (sulfide) groups is 1. The maximum atomic E-state index is 5.59. The lowest BCUT2D eigenvalue weighted by Gasteiger charge is -2.39. The average Bonchev–Trinajstić information content (AvgIpc) is 2.51. The molecule has 0 aromatic carbocycles. The third-order valence-electron chi connectivity index (χ3n) is 3.57. The fourth-order valence-corrected chi connectivity index (χ4v) is 3.52. The van der Waals surface area contributed by atoms with E-state index in [-0.39, 0.29) is 0 Å². The van der Waals surface area contributed by atoms with Gasteiger partial charge in [-0.3, -0.25) is 4.99 Å². The third kappa shape index (κ3) is 9.42. The van der Waals surface area contributed by atoms with Gasteiger partial charge in [0.05, 0.1) is 26.4 Å². The van der Waals surface area contributed by atoms with Crippen LogP contribution in [0.5, 0.6) is 0 Å². The molecule has 1 fully saturated rings. The van der Waals surface area contributed by atoms with E-state index in [2.05, 4.69) is 37.9 Å². The van der Waals surface area contributed by atoms with Gasteiger partial charge < -0.3 is 19.7 Å². The molecule has 1 saturated heterocycles. The first-order chi connectivity index (χ1) is 11.1. The highest BCUT2D eigenvalue weighted by Crippen LogP contribution is 2.29. The number of ether oxygens (including phenoxy) is 2. The molecule has 0 radical (unpaired) electrons. The van der Waals surface area contributed by atoms with Crippen molar-refractivity contribution >= 4 is 17.7 Å². The Hall–Kier alpha value is -0.460. The summed E-state index contributed by atoms with van der Waals surface area (Å²) in [6.45, 7) is 15.4. The maximum absolute atomic E-state index is 5.59. The van der Waals surface area contributed by atoms with Crippen LogP contribution in [0.4, 0.5) is 0 Å². The molecular weight excluding hydrogens is 310 g/mol. The minimum atomic E-state index is 0.292. The largest absolute Gasteiger partial charge is 0.379 e. The fraction of sp³-hybridized carbons (Fsp3) is 0.941. The molecule has 1 N–H and O–H groups in total. The Morgan fingerprint density at radius 3 is 2.57 bits per heavy atom. The lowest BCUT2D eigenvalue weighted by Crippen LogP contribution is -2.51. The molecule has 0 atom stereocenters. The first-order valence-electron chi connectivity index (χ1n) is 8.91. The van der Waals surface area contributed by atoms with Gasteiger partial charge in [0, 0.05) is 36.7 Å². The molecule has 0 aromatic rings. The number of nitrogens with one attached hydrogen (secondary N) is 1. The normalized spacial score (nSPS) is 18.3. The van der Waals surface area contributed by atoms with Crippen LogP contribution >= 0.6 is 11.8 Å². The maximum Gasteiger partial charge on any atom is 0.194 e. The lowest BCUT2D eigenvalue weighted by atomic mass is 10.2. The van der Waals surface area contributed by atoms with Crippen LogP contribution in [-0.4, -0.2) is 74.0 Å². The summed E-state index contributed by atoms with van der Waals surface area (Å²) in [6, 6.07) is 0. The van der Waals surface area contributed by atoms with E-state index in [1.54, 1.807) is 0 Å². The summed E-state index contributed by atoms with van der Waals surface area (Å²) >= 11 is 2.04. The summed E-state index contributed by atoms with van der Waals surface area (Å²) in [4.78, 5) is 7.08. The molecule has 0 saturated carbocycles. The zero-order valence-corrected chi connectivity index (χ0v) is 16.2. The van der Waals surface area contributed by atoms with Crippen LogP contribution in [0.2, 0.25) is 0 Å². The topological polar surface area (TPSA) is 46.1 Å². The highest BCUT2D eigenvalue weighted by molar-refractivity contribution is 8.00. The van der Waals surface area contributed by atoms with E-state index in [1.807, 2.05) is 11.8 Å². The standard InChI is InChI=1S/C17H35N3O2S/c1-5-7-10-21-12-13-22-11-8-19-16(18-6-2)20-9-14-23-17(3,4)15-20/h5-15H2,1-4H3,(H,18,19). The molecule has 0 amide bonds. The van der Waals surface area contributed by atoms with Crippen LogP contribution in [-0.2, 0) is 9.47 Å². The van der Waals surface area contributed by atoms with Gasteiger partial charge in [0.1, 0.15) is 0 Å². The van der Waals surface area contributed by atoms with E-state index < -0.39 is 0 Å². The summed E-state index contributed by atoms with van der Waals surface area (Å²) in [5.74, 6) is 2.17. The summed E-state index contributed by atoms with van der Waals surface area (Å²) in [7, 11) is 0. The highest BCUT2D eigenvalue weighted by Gasteiger charge is 2.28. The number of hydrogen-bond acceptors (Lipinski definition) is 4. The number of guanidine groups is 1. The quantitative estimate of drug-likeness (QED) is 0.375. The zero-order chi connectivity index (χ0) is 17.0. The molecule has 0 bridgehead atoms. The minimum Gasteiger partial charge on any atom is -0.379 e. The molecule has 6 heteroatoms. The second kappa shape index (κ2) is 12.0. The van der Waals surface area contributed by atoms with Crippen molar-refractivity contribution in [2.24, 2.45) is 4.99 Å². The van der Waals surface area contributed by atoms with Crippen LogP contribution in [0.25, 0.3) is 0 Å². The first kappa shape index (κ1) is 20.6. The number of aliphatic imine (C=N–C) groups is 1. The van der Waals surface area contributed by atoms with Gasteiger partial charge >= 0.3 is 0 Å². The predicted molar refractivity (Wildman–Crippen MR) is 101 cm³/mol. The lowest BCUT2D eigenvalue weighted by molar-refractivity contribution is 0.0497. The van der Waals surface area contributed by atoms with Gasteiger partial charge in [0.25, 0.3) is 0 Å². The molecule has 1 aliphatic rings. The molecule has 1 rings (SSSR count). The molecule has 136 valence electrons. The Labute approximate surface area is 146 Å². The molecular formula is C17H35N3O2S. The van der Waals surface area contributed by atoms with Gasteiger partial charge in [-0.25, -0.2) is 0 Å². The van der Waals surface area contributed by atoms with E-state index in [0.717, 1.165) is 44.4 Å². The molecule has 0 aromatic heterocycles. The molecule has 0 unspecified atom stereocenters. The molecule has 23 heavy (non-hydrogen) atoms. The van der Waals surface area contributed by atoms with Crippen molar-refractivity contribution in [2.75, 3.05) is 58.4 Å². The van der Waals surface area contributed by atoms with Crippen LogP contribution in [0.15, 0.2) is 4.99 Å². The second-order valence-electron chi connectivity index (χ2n) is 6.34. The van der Waals surface area contributed by atoms with Gasteiger partial charge in [-0.15, -0.1) is 0 Å². The second-order valence-corrected chi connectivity index (χ2v) is 8.15. The zero-order valence-electron chi connectivity index (χ0n) is 15.4. The summed E-state index contributed by atoms with van der Waals surface area (Å²) in [6.07, 6.45) is 2.30. The molecule has 0 spiro atoms. The first-order valence-corrected chi connectivity index (χ1v) is 9.90. The van der Waals surface area contributed by atoms with Gasteiger partial charge in [0.2, 0.25) is 0 Å². The minimum absolute atomic E-state index is 0.292. The van der Waals surface area contributed by atoms with Crippen molar-refractivity contribution in [2.45, 2.75) is 45.3 Å². The SMILES string of the molecule is CCCCOCCOCCN=C(NCC)N1CCSC(C)(C)C1. The van der Waals surface area contributed by atoms with E-state index in [4.69, 9.17) is 14.5 Å². The van der Waals surface area contributed by atoms with Crippen LogP contribution in [0, 0.1) is 0 Å². The smallest absolute Gasteiger partial charge is 0.194 e. The summed E-state index contributed by atoms with van der Waals surface area (Å²) in [5.41, 5.74) is 0. The highest BCUT2D eigenvalue weighted by atomic mass is 32.2. The Kier molecular flexibility index (Phi) is 10.7. The third-order valence-corrected chi connectivity index (χ3v) is 4.87. The number of nitrogens with zero attached hydrogens (tertiary/aromatic N) is 2. The summed E-state index contributed by atoms with van der Waals surface area (Å²) in [5, 5.41) is 3.40. The Balaban J connectivity index is 2.24. The van der Waals surface area contributed by atoms with Crippen molar-refractivity contribution in [3.8, 4) is 0 Å². The van der Waals surface area contributed by atoms with E-state index in [9.17, 15) is 0 Å². The molecule has 5 nitrogen and oxygen atoms in total. The van der Waals surface area contributed by atoms with Gasteiger partial charge in [-0.2, -0.15) is 11.8 Å². The van der Waals surface area contributed by atoms with Gasteiger partial charge in [-0.1, -0.05) is 13.3 Å². The van der Waals surface area contributed by atoms with Crippen molar-refractivity contribution in [1.82, 2.24) is 10.2 Å². The Bertz CT molecular complexity index is 338. The Morgan fingerprint density at radius 1 is 1.17 bits per heavy atom. The number of unbranched alkanes of at least 4 members (excludes halogenated alkanes) is 1. The van der Waals surface area contributed by atoms with Crippen molar-refractivity contribution in [1.29, 1.82) is 0 Å². The fourth-order valence-electron chi connectivity index (χ4n) is 2.41. The van der Waals surface area contributed by atoms with E-state index >= 15 is 0 Å². The van der Waals surface area contributed by atoms with E-state index in [1.165, 1.54) is 6.42 Å². The van der Waals surface area contributed by atoms with Crippen LogP contribution in [0.1, 0.15) is 40.5 Å². The van der Waals surface area contributed by atoms with Crippen molar-refractivity contribution < 1.29 is 9.47 Å². The monoisotopic (exact) mass is 345 g/mol. The van der Waals surface area contributed by atoms with Crippen LogP contribution < -0.4 is 5.32 Å². The average molecular weight is 346 g/mol. The molecule has 1 aliphatic heterocycles. The molecule has 1 heterocycles. The summed E-state index contributed by atoms with van der Waals surface area (Å²) < 4.78 is 11.4. The van der Waals surface area contributed by atoms with Crippen LogP contribution in [0.3, 0.4) is 0 Å². The predicted octanol–water partition coefficient (Wildman–Crippen LogP) is 2.61. The van der Waals surface area contributed by atoms with Crippen molar-refractivity contribution in [3.05, 3.63) is 0 Å². The van der Waals surface area contributed by atoms with Gasteiger partial charge in [0.15, 0.2) is 5.96 Å². The molecule has 0 aliphatic carbocycles. The Morgan fingerprint density at radius 2 is 1.91 bits per heavy atom. The number of hydrogen-bond donors (Lipinski definition) is 1. The number of rotatable bonds is 10.